The van der Waals surface area contributed by atoms with Crippen molar-refractivity contribution in [1.29, 1.82) is 0 Å². The fraction of sp³-hybridized carbons (Fsp3) is 0.111. The van der Waals surface area contributed by atoms with E-state index in [2.05, 4.69) is 10.2 Å². The molecule has 0 atom stereocenters. The number of esters is 1. The number of carbonyl (C=O) groups is 1. The van der Waals surface area contributed by atoms with Crippen molar-refractivity contribution in [1.82, 2.24) is 10.2 Å². The molecule has 0 aliphatic heterocycles. The van der Waals surface area contributed by atoms with Gasteiger partial charge >= 0.3 is 5.97 Å². The van der Waals surface area contributed by atoms with Gasteiger partial charge in [0.15, 0.2) is 0 Å². The summed E-state index contributed by atoms with van der Waals surface area (Å²) in [7, 11) is 0. The molecular formula is C9H9N3O2. The first-order valence-electron chi connectivity index (χ1n) is 4.09. The van der Waals surface area contributed by atoms with Crippen molar-refractivity contribution >= 4 is 22.6 Å². The van der Waals surface area contributed by atoms with Crippen LogP contribution in [0.2, 0.25) is 0 Å². The number of aromatic nitrogens is 2. The number of fused-ring (bicyclic) bond motifs is 1. The minimum absolute atomic E-state index is 0.264. The van der Waals surface area contributed by atoms with E-state index in [1.165, 1.54) is 6.92 Å². The molecule has 0 spiro atoms. The Balaban J connectivity index is 2.55. The SMILES string of the molecule is CC(=O)Oc1n[nH]c2ccc(N)cc12. The van der Waals surface area contributed by atoms with E-state index >= 15 is 0 Å². The molecule has 0 aliphatic carbocycles. The van der Waals surface area contributed by atoms with Crippen LogP contribution >= 0.6 is 0 Å². The monoisotopic (exact) mass is 191 g/mol. The molecule has 1 aromatic carbocycles. The first-order chi connectivity index (χ1) is 6.66. The van der Waals surface area contributed by atoms with Gasteiger partial charge in [0.05, 0.1) is 10.9 Å². The van der Waals surface area contributed by atoms with Crippen molar-refractivity contribution in [3.63, 3.8) is 0 Å². The number of ether oxygens (including phenoxy) is 1. The van der Waals surface area contributed by atoms with Gasteiger partial charge in [-0.05, 0) is 18.2 Å². The molecule has 0 saturated heterocycles. The van der Waals surface area contributed by atoms with Crippen LogP contribution in [0.3, 0.4) is 0 Å². The number of carbonyl (C=O) groups excluding carboxylic acids is 1. The molecule has 0 radical (unpaired) electrons. The maximum absolute atomic E-state index is 10.7. The Morgan fingerprint density at radius 3 is 3.07 bits per heavy atom. The quantitative estimate of drug-likeness (QED) is 0.521. The highest BCUT2D eigenvalue weighted by molar-refractivity contribution is 5.88. The van der Waals surface area contributed by atoms with Crippen molar-refractivity contribution in [3.05, 3.63) is 18.2 Å². The van der Waals surface area contributed by atoms with Crippen LogP contribution in [0.5, 0.6) is 5.88 Å². The van der Waals surface area contributed by atoms with Gasteiger partial charge in [-0.2, -0.15) is 0 Å². The highest BCUT2D eigenvalue weighted by atomic mass is 16.5. The summed E-state index contributed by atoms with van der Waals surface area (Å²) in [6.45, 7) is 1.33. The van der Waals surface area contributed by atoms with E-state index in [1.807, 2.05) is 0 Å². The number of rotatable bonds is 1. The molecular weight excluding hydrogens is 182 g/mol. The van der Waals surface area contributed by atoms with E-state index in [-0.39, 0.29) is 5.88 Å². The summed E-state index contributed by atoms with van der Waals surface area (Å²) < 4.78 is 4.89. The summed E-state index contributed by atoms with van der Waals surface area (Å²) in [5, 5.41) is 7.30. The summed E-state index contributed by atoms with van der Waals surface area (Å²) in [5.41, 5.74) is 6.99. The van der Waals surface area contributed by atoms with E-state index in [9.17, 15) is 4.79 Å². The smallest absolute Gasteiger partial charge is 0.309 e. The first-order valence-corrected chi connectivity index (χ1v) is 4.09. The number of benzene rings is 1. The Hall–Kier alpha value is -2.04. The van der Waals surface area contributed by atoms with E-state index in [0.29, 0.717) is 11.1 Å². The average Bonchev–Trinajstić information content (AvgIpc) is 2.47. The highest BCUT2D eigenvalue weighted by Crippen LogP contribution is 2.24. The Morgan fingerprint density at radius 1 is 1.57 bits per heavy atom. The van der Waals surface area contributed by atoms with Gasteiger partial charge in [0.2, 0.25) is 5.88 Å². The third kappa shape index (κ3) is 1.39. The third-order valence-corrected chi connectivity index (χ3v) is 1.79. The zero-order valence-electron chi connectivity index (χ0n) is 7.57. The van der Waals surface area contributed by atoms with Gasteiger partial charge in [-0.1, -0.05) is 0 Å². The highest BCUT2D eigenvalue weighted by Gasteiger charge is 2.08. The van der Waals surface area contributed by atoms with Gasteiger partial charge in [0.1, 0.15) is 0 Å². The second-order valence-electron chi connectivity index (χ2n) is 2.93. The number of nitrogens with two attached hydrogens (primary N) is 1. The van der Waals surface area contributed by atoms with Crippen molar-refractivity contribution < 1.29 is 9.53 Å². The largest absolute Gasteiger partial charge is 0.405 e. The predicted molar refractivity (Wildman–Crippen MR) is 51.8 cm³/mol. The van der Waals surface area contributed by atoms with Gasteiger partial charge in [-0.15, -0.1) is 5.10 Å². The van der Waals surface area contributed by atoms with Crippen LogP contribution < -0.4 is 10.5 Å². The van der Waals surface area contributed by atoms with Crippen LogP contribution in [0.1, 0.15) is 6.92 Å². The minimum Gasteiger partial charge on any atom is -0.405 e. The topological polar surface area (TPSA) is 81.0 Å². The molecule has 5 nitrogen and oxygen atoms in total. The number of hydrogen-bond donors (Lipinski definition) is 2. The number of nitrogens with zero attached hydrogens (tertiary/aromatic N) is 1. The maximum Gasteiger partial charge on any atom is 0.309 e. The number of anilines is 1. The van der Waals surface area contributed by atoms with E-state index in [1.54, 1.807) is 18.2 Å². The van der Waals surface area contributed by atoms with Crippen molar-refractivity contribution in [2.45, 2.75) is 6.92 Å². The van der Waals surface area contributed by atoms with Crippen LogP contribution in [-0.4, -0.2) is 16.2 Å². The van der Waals surface area contributed by atoms with Gasteiger partial charge in [0, 0.05) is 12.6 Å². The van der Waals surface area contributed by atoms with Crippen LogP contribution in [0.25, 0.3) is 10.9 Å². The molecule has 0 unspecified atom stereocenters. The second-order valence-corrected chi connectivity index (χ2v) is 2.93. The maximum atomic E-state index is 10.7. The molecule has 14 heavy (non-hydrogen) atoms. The number of hydrogen-bond acceptors (Lipinski definition) is 4. The molecule has 1 aromatic heterocycles. The van der Waals surface area contributed by atoms with Crippen LogP contribution in [0.15, 0.2) is 18.2 Å². The molecule has 3 N–H and O–H groups in total. The molecule has 2 rings (SSSR count). The molecule has 1 heterocycles. The lowest BCUT2D eigenvalue weighted by Gasteiger charge is -1.96. The summed E-state index contributed by atoms with van der Waals surface area (Å²) in [4.78, 5) is 10.7. The summed E-state index contributed by atoms with van der Waals surface area (Å²) in [6.07, 6.45) is 0. The van der Waals surface area contributed by atoms with Crippen LogP contribution in [0, 0.1) is 0 Å². The van der Waals surface area contributed by atoms with E-state index in [0.717, 1.165) is 5.52 Å². The summed E-state index contributed by atoms with van der Waals surface area (Å²) in [5.74, 6) is -0.138. The van der Waals surface area contributed by atoms with Crippen LogP contribution in [-0.2, 0) is 4.79 Å². The average molecular weight is 191 g/mol. The zero-order valence-corrected chi connectivity index (χ0v) is 7.57. The van der Waals surface area contributed by atoms with Gasteiger partial charge < -0.3 is 10.5 Å². The molecule has 0 fully saturated rings. The molecule has 0 amide bonds. The third-order valence-electron chi connectivity index (χ3n) is 1.79. The van der Waals surface area contributed by atoms with Gasteiger partial charge in [-0.3, -0.25) is 9.89 Å². The fourth-order valence-electron chi connectivity index (χ4n) is 1.22. The first kappa shape index (κ1) is 8.55. The Labute approximate surface area is 79.9 Å². The standard InChI is InChI=1S/C9H9N3O2/c1-5(13)14-9-7-4-6(10)2-3-8(7)11-12-9/h2-4H,10H2,1H3,(H,11,12). The van der Waals surface area contributed by atoms with Crippen LogP contribution in [0.4, 0.5) is 5.69 Å². The van der Waals surface area contributed by atoms with Crippen molar-refractivity contribution in [3.8, 4) is 5.88 Å². The Morgan fingerprint density at radius 2 is 2.36 bits per heavy atom. The zero-order chi connectivity index (χ0) is 10.1. The van der Waals surface area contributed by atoms with Gasteiger partial charge in [0.25, 0.3) is 0 Å². The molecule has 72 valence electrons. The van der Waals surface area contributed by atoms with E-state index in [4.69, 9.17) is 10.5 Å². The Kier molecular flexibility index (Phi) is 1.85. The fourth-order valence-corrected chi connectivity index (χ4v) is 1.22. The lowest BCUT2D eigenvalue weighted by Crippen LogP contribution is -2.01. The molecule has 0 bridgehead atoms. The molecule has 5 heteroatoms. The number of H-pyrrole nitrogens is 1. The van der Waals surface area contributed by atoms with Gasteiger partial charge in [-0.25, -0.2) is 0 Å². The number of aromatic amines is 1. The summed E-state index contributed by atoms with van der Waals surface area (Å²) in [6, 6.07) is 5.24. The summed E-state index contributed by atoms with van der Waals surface area (Å²) >= 11 is 0. The van der Waals surface area contributed by atoms with E-state index < -0.39 is 5.97 Å². The molecule has 0 aliphatic rings. The second kappa shape index (κ2) is 3.02. The van der Waals surface area contributed by atoms with Crippen molar-refractivity contribution in [2.75, 3.05) is 5.73 Å². The molecule has 0 saturated carbocycles. The lowest BCUT2D eigenvalue weighted by molar-refractivity contribution is -0.132. The lowest BCUT2D eigenvalue weighted by atomic mass is 10.2. The normalized spacial score (nSPS) is 10.4. The number of nitrogen functional groups attached to an aromatic ring is 1. The minimum atomic E-state index is -0.402. The number of nitrogens with one attached hydrogen (secondary N) is 1. The molecule has 2 aromatic rings. The van der Waals surface area contributed by atoms with Crippen molar-refractivity contribution in [2.24, 2.45) is 0 Å². The predicted octanol–water partition coefficient (Wildman–Crippen LogP) is 1.07. The Bertz CT molecular complexity index is 490.